The fourth-order valence-electron chi connectivity index (χ4n) is 9.35. The number of hydrogen-bond acceptors (Lipinski definition) is 24. The lowest BCUT2D eigenvalue weighted by Crippen LogP contribution is -2.63. The molecule has 97 heavy (non-hydrogen) atoms. The number of benzene rings is 1. The number of nitrogens with one attached hydrogen (secondary N) is 10. The third-order valence-corrected chi connectivity index (χ3v) is 15.3. The predicted octanol–water partition coefficient (Wildman–Crippen LogP) is -9.80. The van der Waals surface area contributed by atoms with Crippen molar-refractivity contribution in [1.29, 1.82) is 0 Å². The summed E-state index contributed by atoms with van der Waals surface area (Å²) in [6, 6.07) is -15.3. The molecule has 1 aliphatic heterocycles. The summed E-state index contributed by atoms with van der Waals surface area (Å²) in [5.74, 6) is -19.5. The number of guanidine groups is 1. The van der Waals surface area contributed by atoms with Gasteiger partial charge in [-0.15, -0.1) is 0 Å². The molecule has 1 aliphatic rings. The normalized spacial score (nSPS) is 16.6. The molecule has 0 saturated carbocycles. The lowest BCUT2D eigenvalue weighted by Gasteiger charge is -2.30. The highest BCUT2D eigenvalue weighted by Crippen LogP contribution is 2.20. The number of aromatic hydroxyl groups is 1. The quantitative estimate of drug-likeness (QED) is 0.0125. The number of unbranched alkanes of at least 4 members (excludes halogenated alkanes) is 1. The SMILES string of the molecule is C[C@@H](O)[C@H](NC(=O)[C@H](CO)NC(=O)[C@@H]1CCCN1C(=O)[C@H](CS)NC(=O)[C@H](CC(=O)O)NC(=O)[C@@H](NC(=O)[C@H](CCCN=C(N)N)NC(=O)[C@H](CS)NC(=O)[C@@H](N)CCC(N)=O)[C@@H](C)O)C(=O)N[C@@H](Cc1ccc(O)cc1)C(=O)N[C@@H](CCCCN)C(=O)N[C@@H](CC(=O)O)C(=O)O. The third kappa shape index (κ3) is 29.4. The number of phenols is 1. The van der Waals surface area contributed by atoms with Crippen LogP contribution in [0.4, 0.5) is 0 Å². The number of hydrogen-bond donors (Lipinski definition) is 24. The highest BCUT2D eigenvalue weighted by molar-refractivity contribution is 7.80. The van der Waals surface area contributed by atoms with E-state index in [1.165, 1.54) is 24.3 Å². The Bertz CT molecular complexity index is 2960. The van der Waals surface area contributed by atoms with E-state index in [4.69, 9.17) is 28.7 Å². The van der Waals surface area contributed by atoms with Gasteiger partial charge in [-0.25, -0.2) is 4.79 Å². The number of aliphatic hydroxyl groups excluding tert-OH is 3. The summed E-state index contributed by atoms with van der Waals surface area (Å²) in [7, 11) is 0. The molecule has 41 heteroatoms. The first-order valence-corrected chi connectivity index (χ1v) is 31.6. The molecule has 0 aliphatic carbocycles. The van der Waals surface area contributed by atoms with Crippen LogP contribution in [0.1, 0.15) is 90.0 Å². The van der Waals surface area contributed by atoms with E-state index in [0.29, 0.717) is 12.0 Å². The lowest BCUT2D eigenvalue weighted by molar-refractivity contribution is -0.147. The third-order valence-electron chi connectivity index (χ3n) is 14.6. The highest BCUT2D eigenvalue weighted by Gasteiger charge is 2.42. The first kappa shape index (κ1) is 83.9. The van der Waals surface area contributed by atoms with E-state index in [-0.39, 0.29) is 94.9 Å². The van der Waals surface area contributed by atoms with E-state index in [0.717, 1.165) is 18.7 Å². The number of amides is 12. The second-order valence-corrected chi connectivity index (χ2v) is 23.2. The molecule has 27 N–H and O–H groups in total. The predicted molar refractivity (Wildman–Crippen MR) is 345 cm³/mol. The van der Waals surface area contributed by atoms with Crippen LogP contribution in [0.3, 0.4) is 0 Å². The standard InChI is InChI=1S/C56H89N17O22S2/c1-25(75)42(71-46(85)31(8-5-17-62-56(60)61)64-50(89)36(23-96)69-44(83)29(58)14-15-39(59)78)53(92)66-33(20-40(79)80)48(87)70-37(24-97)54(93)73-18-6-9-38(73)51(90)68-35(22-74)49(88)72-43(26(2)76)52(91)65-32(19-27-10-12-28(77)13-11-27)47(86)63-30(7-3-4-16-57)45(84)67-34(55(94)95)21-41(81)82/h10-13,25-26,29-38,42-43,74-77,96-97H,3-9,14-24,57-58H2,1-2H3,(H2,59,78)(H,63,86)(H,64,89)(H,65,91)(H,66,92)(H,67,84)(H,68,90)(H,69,83)(H,70,87)(H,71,85)(H,72,88)(H,79,80)(H,81,82)(H,94,95)(H4,60,61,62)/t25-,26-,29+,30+,31+,32+,33+,34+,35+,36+,37+,38+,42+,43+/m1/s1. The van der Waals surface area contributed by atoms with Gasteiger partial charge in [0, 0.05) is 37.4 Å². The van der Waals surface area contributed by atoms with Crippen LogP contribution in [0.2, 0.25) is 0 Å². The maximum Gasteiger partial charge on any atom is 0.326 e. The number of aliphatic hydroxyl groups is 3. The Kier molecular flexibility index (Phi) is 36.7. The number of thiol groups is 2. The molecular weight excluding hydrogens is 1330 g/mol. The van der Waals surface area contributed by atoms with Gasteiger partial charge in [-0.1, -0.05) is 12.1 Å². The van der Waals surface area contributed by atoms with Crippen LogP contribution in [0.25, 0.3) is 0 Å². The van der Waals surface area contributed by atoms with Crippen molar-refractivity contribution >= 4 is 120 Å². The Hall–Kier alpha value is -9.16. The van der Waals surface area contributed by atoms with Crippen LogP contribution in [-0.4, -0.2) is 258 Å². The van der Waals surface area contributed by atoms with E-state index < -0.39 is 199 Å². The van der Waals surface area contributed by atoms with E-state index in [9.17, 15) is 108 Å². The summed E-state index contributed by atoms with van der Waals surface area (Å²) in [6.45, 7) is 0.823. The van der Waals surface area contributed by atoms with E-state index >= 15 is 0 Å². The van der Waals surface area contributed by atoms with Gasteiger partial charge in [0.15, 0.2) is 5.96 Å². The molecule has 1 heterocycles. The smallest absolute Gasteiger partial charge is 0.326 e. The molecule has 0 spiro atoms. The minimum absolute atomic E-state index is 0.00786. The second-order valence-electron chi connectivity index (χ2n) is 22.4. The number of nitrogens with two attached hydrogens (primary N) is 5. The minimum Gasteiger partial charge on any atom is -0.508 e. The largest absolute Gasteiger partial charge is 0.508 e. The van der Waals surface area contributed by atoms with Gasteiger partial charge >= 0.3 is 17.9 Å². The van der Waals surface area contributed by atoms with Gasteiger partial charge in [0.2, 0.25) is 70.9 Å². The van der Waals surface area contributed by atoms with Crippen LogP contribution in [-0.2, 0) is 78.3 Å². The number of phenolic OH excluding ortho intramolecular Hbond substituents is 1. The average molecular weight is 1420 g/mol. The molecule has 1 fully saturated rings. The molecule has 1 aromatic carbocycles. The summed E-state index contributed by atoms with van der Waals surface area (Å²) in [5, 5.41) is 93.1. The Morgan fingerprint density at radius 2 is 1.02 bits per heavy atom. The molecule has 1 saturated heterocycles. The molecule has 1 aromatic rings. The first-order valence-electron chi connectivity index (χ1n) is 30.4. The van der Waals surface area contributed by atoms with Crippen molar-refractivity contribution in [3.63, 3.8) is 0 Å². The van der Waals surface area contributed by atoms with Gasteiger partial charge in [0.05, 0.1) is 37.7 Å². The molecule has 39 nitrogen and oxygen atoms in total. The summed E-state index contributed by atoms with van der Waals surface area (Å²) in [5.41, 5.74) is 27.7. The Morgan fingerprint density at radius 1 is 0.567 bits per heavy atom. The van der Waals surface area contributed by atoms with Crippen LogP contribution in [0.5, 0.6) is 5.75 Å². The number of aliphatic carboxylic acids is 3. The monoisotopic (exact) mass is 1420 g/mol. The van der Waals surface area contributed by atoms with E-state index in [1.807, 2.05) is 0 Å². The second kappa shape index (κ2) is 42.4. The molecule has 0 unspecified atom stereocenters. The number of carboxylic acid groups (broad SMARTS) is 3. The molecule has 0 radical (unpaired) electrons. The number of carboxylic acids is 3. The Balaban J connectivity index is 2.35. The van der Waals surface area contributed by atoms with Crippen LogP contribution in [0.15, 0.2) is 29.3 Å². The van der Waals surface area contributed by atoms with Crippen molar-refractivity contribution in [2.75, 3.05) is 37.7 Å². The van der Waals surface area contributed by atoms with Crippen molar-refractivity contribution in [2.45, 2.75) is 176 Å². The van der Waals surface area contributed by atoms with E-state index in [1.54, 1.807) is 0 Å². The van der Waals surface area contributed by atoms with Crippen LogP contribution >= 0.6 is 25.3 Å². The number of likely N-dealkylation sites (tertiary alicyclic amines) is 1. The van der Waals surface area contributed by atoms with E-state index in [2.05, 4.69) is 83.4 Å². The summed E-state index contributed by atoms with van der Waals surface area (Å²) in [6.07, 6.45) is -6.44. The first-order chi connectivity index (χ1) is 45.6. The number of rotatable bonds is 44. The zero-order valence-electron chi connectivity index (χ0n) is 53.1. The molecule has 542 valence electrons. The van der Waals surface area contributed by atoms with Crippen molar-refractivity contribution in [2.24, 2.45) is 33.7 Å². The Labute approximate surface area is 566 Å². The zero-order valence-corrected chi connectivity index (χ0v) is 54.8. The van der Waals surface area contributed by atoms with Gasteiger partial charge in [0.25, 0.3) is 0 Å². The van der Waals surface area contributed by atoms with Crippen molar-refractivity contribution < 1.29 is 108 Å². The van der Waals surface area contributed by atoms with Crippen molar-refractivity contribution in [1.82, 2.24) is 58.1 Å². The summed E-state index contributed by atoms with van der Waals surface area (Å²) in [4.78, 5) is 202. The molecule has 2 rings (SSSR count). The highest BCUT2D eigenvalue weighted by atomic mass is 32.1. The fraction of sp³-hybridized carbons (Fsp3) is 0.607. The van der Waals surface area contributed by atoms with Gasteiger partial charge in [-0.05, 0) is 89.5 Å². The average Bonchev–Trinajstić information content (AvgIpc) is 1.78. The van der Waals surface area contributed by atoms with Crippen molar-refractivity contribution in [3.8, 4) is 5.75 Å². The number of carbonyl (C=O) groups excluding carboxylic acids is 12. The molecule has 0 bridgehead atoms. The molecule has 0 aromatic heterocycles. The van der Waals surface area contributed by atoms with Gasteiger partial charge in [-0.3, -0.25) is 72.1 Å². The Morgan fingerprint density at radius 3 is 1.52 bits per heavy atom. The summed E-state index contributed by atoms with van der Waals surface area (Å²) < 4.78 is 0. The topological polar surface area (TPSA) is 664 Å². The van der Waals surface area contributed by atoms with Crippen LogP contribution in [0, 0.1) is 0 Å². The van der Waals surface area contributed by atoms with Crippen LogP contribution < -0.4 is 81.8 Å². The molecule has 12 amide bonds. The number of aliphatic imine (C=N–C) groups is 1. The minimum atomic E-state index is -2.06. The van der Waals surface area contributed by atoms with Gasteiger partial charge in [-0.2, -0.15) is 25.3 Å². The maximum absolute atomic E-state index is 14.2. The zero-order chi connectivity index (χ0) is 73.4. The molecular formula is C56H89N17O22S2. The lowest BCUT2D eigenvalue weighted by atomic mass is 10.0. The van der Waals surface area contributed by atoms with Crippen molar-refractivity contribution in [3.05, 3.63) is 29.8 Å². The number of primary amides is 1. The number of nitrogens with zero attached hydrogens (tertiary/aromatic N) is 2. The molecule has 14 atom stereocenters. The van der Waals surface area contributed by atoms with Gasteiger partial charge in [0.1, 0.15) is 72.2 Å². The fourth-order valence-corrected chi connectivity index (χ4v) is 9.86. The summed E-state index contributed by atoms with van der Waals surface area (Å²) >= 11 is 8.26. The van der Waals surface area contributed by atoms with Gasteiger partial charge < -0.3 is 122 Å². The maximum atomic E-state index is 14.2. The number of carbonyl (C=O) groups is 15.